The van der Waals surface area contributed by atoms with E-state index in [4.69, 9.17) is 4.42 Å². The van der Waals surface area contributed by atoms with Crippen LogP contribution in [0.4, 0.5) is 0 Å². The number of aromatic nitrogens is 2. The summed E-state index contributed by atoms with van der Waals surface area (Å²) in [5.41, 5.74) is 2.14. The quantitative estimate of drug-likeness (QED) is 0.605. The van der Waals surface area contributed by atoms with Gasteiger partial charge in [0.2, 0.25) is 5.91 Å². The van der Waals surface area contributed by atoms with Crippen molar-refractivity contribution in [3.63, 3.8) is 0 Å². The van der Waals surface area contributed by atoms with Crippen molar-refractivity contribution in [2.75, 3.05) is 13.1 Å². The summed E-state index contributed by atoms with van der Waals surface area (Å²) in [7, 11) is 0. The summed E-state index contributed by atoms with van der Waals surface area (Å²) in [6.07, 6.45) is 5.52. The van der Waals surface area contributed by atoms with Crippen molar-refractivity contribution in [2.24, 2.45) is 0 Å². The molecule has 2 amide bonds. The van der Waals surface area contributed by atoms with Gasteiger partial charge >= 0.3 is 0 Å². The molecule has 0 saturated heterocycles. The molecule has 29 heavy (non-hydrogen) atoms. The maximum Gasteiger partial charge on any atom is 0.274 e. The Morgan fingerprint density at radius 3 is 2.59 bits per heavy atom. The molecule has 7 nitrogen and oxygen atoms in total. The fourth-order valence-corrected chi connectivity index (χ4v) is 2.82. The summed E-state index contributed by atoms with van der Waals surface area (Å²) in [6, 6.07) is 13.5. The van der Waals surface area contributed by atoms with E-state index in [2.05, 4.69) is 15.3 Å². The molecule has 0 spiro atoms. The molecule has 0 radical (unpaired) electrons. The molecule has 0 atom stereocenters. The minimum atomic E-state index is -0.286. The van der Waals surface area contributed by atoms with Gasteiger partial charge < -0.3 is 14.6 Å². The molecule has 1 aromatic carbocycles. The number of carbonyl (C=O) groups is 2. The number of nitrogens with one attached hydrogen (secondary N) is 1. The average molecular weight is 392 g/mol. The topological polar surface area (TPSA) is 88.3 Å². The van der Waals surface area contributed by atoms with Crippen LogP contribution in [0.15, 0.2) is 65.5 Å². The lowest BCUT2D eigenvalue weighted by atomic mass is 10.1. The van der Waals surface area contributed by atoms with Gasteiger partial charge in [0.15, 0.2) is 0 Å². The highest BCUT2D eigenvalue weighted by atomic mass is 16.3. The largest absolute Gasteiger partial charge is 0.467 e. The highest BCUT2D eigenvalue weighted by Gasteiger charge is 2.20. The van der Waals surface area contributed by atoms with Crippen LogP contribution in [0, 0.1) is 6.92 Å². The molecular weight excluding hydrogens is 368 g/mol. The van der Waals surface area contributed by atoms with Gasteiger partial charge in [-0.25, -0.2) is 4.98 Å². The van der Waals surface area contributed by atoms with Crippen LogP contribution in [0.2, 0.25) is 0 Å². The maximum absolute atomic E-state index is 12.8. The number of nitrogens with zero attached hydrogens (tertiary/aromatic N) is 3. The second kappa shape index (κ2) is 10.2. The summed E-state index contributed by atoms with van der Waals surface area (Å²) in [4.78, 5) is 34.9. The van der Waals surface area contributed by atoms with Crippen molar-refractivity contribution in [3.05, 3.63) is 83.8 Å². The molecule has 3 rings (SSSR count). The standard InChI is InChI=1S/C22H24N4O3/c1-17-14-25-20(15-24-17)22(28)26(16-19-8-5-13-29-19)12-10-21(27)23-11-9-18-6-3-2-4-7-18/h2-8,13-15H,9-12,16H2,1H3,(H,23,27). The first kappa shape index (κ1) is 20.3. The number of aryl methyl sites for hydroxylation is 1. The Bertz CT molecular complexity index is 909. The normalized spacial score (nSPS) is 10.5. The molecule has 0 aliphatic heterocycles. The summed E-state index contributed by atoms with van der Waals surface area (Å²) < 4.78 is 5.36. The number of benzene rings is 1. The van der Waals surface area contributed by atoms with E-state index in [1.54, 1.807) is 29.5 Å². The molecule has 0 saturated carbocycles. The second-order valence-corrected chi connectivity index (χ2v) is 6.68. The van der Waals surface area contributed by atoms with Gasteiger partial charge in [0.25, 0.3) is 5.91 Å². The predicted octanol–water partition coefficient (Wildman–Crippen LogP) is 2.77. The van der Waals surface area contributed by atoms with Crippen LogP contribution < -0.4 is 5.32 Å². The number of amides is 2. The molecule has 2 aromatic heterocycles. The fraction of sp³-hybridized carbons (Fsp3) is 0.273. The summed E-state index contributed by atoms with van der Waals surface area (Å²) in [5, 5.41) is 2.90. The van der Waals surface area contributed by atoms with Crippen LogP contribution in [-0.2, 0) is 17.8 Å². The Labute approximate surface area is 169 Å². The van der Waals surface area contributed by atoms with Gasteiger partial charge in [-0.05, 0) is 31.0 Å². The number of hydrogen-bond acceptors (Lipinski definition) is 5. The first-order valence-corrected chi connectivity index (χ1v) is 9.53. The third-order valence-electron chi connectivity index (χ3n) is 4.40. The summed E-state index contributed by atoms with van der Waals surface area (Å²) in [6.45, 7) is 2.88. The van der Waals surface area contributed by atoms with Crippen molar-refractivity contribution in [1.29, 1.82) is 0 Å². The van der Waals surface area contributed by atoms with E-state index in [0.29, 0.717) is 12.3 Å². The van der Waals surface area contributed by atoms with Gasteiger partial charge in [-0.2, -0.15) is 0 Å². The first-order valence-electron chi connectivity index (χ1n) is 9.53. The first-order chi connectivity index (χ1) is 14.1. The molecule has 0 aliphatic rings. The molecule has 0 unspecified atom stereocenters. The number of carbonyl (C=O) groups excluding carboxylic acids is 2. The van der Waals surface area contributed by atoms with Gasteiger partial charge in [-0.3, -0.25) is 14.6 Å². The molecule has 7 heteroatoms. The Hall–Kier alpha value is -3.48. The smallest absolute Gasteiger partial charge is 0.274 e. The predicted molar refractivity (Wildman–Crippen MR) is 108 cm³/mol. The van der Waals surface area contributed by atoms with Crippen LogP contribution in [0.5, 0.6) is 0 Å². The van der Waals surface area contributed by atoms with Crippen LogP contribution in [0.25, 0.3) is 0 Å². The molecule has 0 fully saturated rings. The molecule has 0 bridgehead atoms. The molecule has 150 valence electrons. The Balaban J connectivity index is 1.55. The SMILES string of the molecule is Cc1cnc(C(=O)N(CCC(=O)NCCc2ccccc2)Cc2ccco2)cn1. The summed E-state index contributed by atoms with van der Waals surface area (Å²) >= 11 is 0. The number of hydrogen-bond donors (Lipinski definition) is 1. The lowest BCUT2D eigenvalue weighted by Crippen LogP contribution is -2.35. The van der Waals surface area contributed by atoms with Gasteiger partial charge in [-0.15, -0.1) is 0 Å². The van der Waals surface area contributed by atoms with E-state index in [1.165, 1.54) is 11.8 Å². The lowest BCUT2D eigenvalue weighted by molar-refractivity contribution is -0.121. The Morgan fingerprint density at radius 1 is 1.07 bits per heavy atom. The third-order valence-corrected chi connectivity index (χ3v) is 4.40. The molecule has 2 heterocycles. The van der Waals surface area contributed by atoms with E-state index >= 15 is 0 Å². The van der Waals surface area contributed by atoms with Crippen LogP contribution in [0.1, 0.15) is 33.9 Å². The van der Waals surface area contributed by atoms with E-state index in [-0.39, 0.29) is 37.0 Å². The number of rotatable bonds is 9. The highest BCUT2D eigenvalue weighted by molar-refractivity contribution is 5.92. The van der Waals surface area contributed by atoms with Crippen molar-refractivity contribution in [1.82, 2.24) is 20.2 Å². The number of furan rings is 1. The van der Waals surface area contributed by atoms with Crippen molar-refractivity contribution < 1.29 is 14.0 Å². The molecule has 0 aliphatic carbocycles. The van der Waals surface area contributed by atoms with E-state index in [1.807, 2.05) is 37.3 Å². The lowest BCUT2D eigenvalue weighted by Gasteiger charge is -2.21. The van der Waals surface area contributed by atoms with Gasteiger partial charge in [0.1, 0.15) is 11.5 Å². The van der Waals surface area contributed by atoms with Gasteiger partial charge in [0.05, 0.1) is 24.7 Å². The maximum atomic E-state index is 12.8. The van der Waals surface area contributed by atoms with E-state index < -0.39 is 0 Å². The highest BCUT2D eigenvalue weighted by Crippen LogP contribution is 2.10. The minimum absolute atomic E-state index is 0.104. The van der Waals surface area contributed by atoms with E-state index in [0.717, 1.165) is 12.1 Å². The Morgan fingerprint density at radius 2 is 1.90 bits per heavy atom. The zero-order valence-corrected chi connectivity index (χ0v) is 16.4. The van der Waals surface area contributed by atoms with Crippen LogP contribution in [-0.4, -0.2) is 39.8 Å². The Kier molecular flexibility index (Phi) is 7.10. The second-order valence-electron chi connectivity index (χ2n) is 6.68. The summed E-state index contributed by atoms with van der Waals surface area (Å²) in [5.74, 6) is 0.252. The zero-order valence-electron chi connectivity index (χ0n) is 16.4. The van der Waals surface area contributed by atoms with Gasteiger partial charge in [0, 0.05) is 25.7 Å². The van der Waals surface area contributed by atoms with Crippen LogP contribution >= 0.6 is 0 Å². The molecular formula is C22H24N4O3. The van der Waals surface area contributed by atoms with Crippen LogP contribution in [0.3, 0.4) is 0 Å². The van der Waals surface area contributed by atoms with Crippen molar-refractivity contribution in [2.45, 2.75) is 26.3 Å². The van der Waals surface area contributed by atoms with E-state index in [9.17, 15) is 9.59 Å². The zero-order chi connectivity index (χ0) is 20.5. The fourth-order valence-electron chi connectivity index (χ4n) is 2.82. The monoisotopic (exact) mass is 392 g/mol. The van der Waals surface area contributed by atoms with Crippen molar-refractivity contribution >= 4 is 11.8 Å². The third kappa shape index (κ3) is 6.27. The van der Waals surface area contributed by atoms with Gasteiger partial charge in [-0.1, -0.05) is 30.3 Å². The minimum Gasteiger partial charge on any atom is -0.467 e. The van der Waals surface area contributed by atoms with Crippen molar-refractivity contribution in [3.8, 4) is 0 Å². The molecule has 1 N–H and O–H groups in total. The molecule has 3 aromatic rings. The average Bonchev–Trinajstić information content (AvgIpc) is 3.25.